The van der Waals surface area contributed by atoms with Gasteiger partial charge in [-0.25, -0.2) is 9.37 Å². The second kappa shape index (κ2) is 7.33. The molecule has 6 heteroatoms. The highest BCUT2D eigenvalue weighted by Gasteiger charge is 2.16. The minimum absolute atomic E-state index is 0.0148. The summed E-state index contributed by atoms with van der Waals surface area (Å²) in [7, 11) is 0. The van der Waals surface area contributed by atoms with Crippen LogP contribution in [0, 0.1) is 11.7 Å². The van der Waals surface area contributed by atoms with Crippen molar-refractivity contribution in [3.63, 3.8) is 0 Å². The number of rotatable bonds is 5. The number of nitrogens with zero attached hydrogens (tertiary/aromatic N) is 1. The molecule has 0 aliphatic carbocycles. The molecule has 1 atom stereocenters. The van der Waals surface area contributed by atoms with Crippen molar-refractivity contribution in [3.8, 4) is 0 Å². The molecule has 0 bridgehead atoms. The van der Waals surface area contributed by atoms with Crippen LogP contribution in [0.5, 0.6) is 0 Å². The van der Waals surface area contributed by atoms with Crippen LogP contribution in [-0.2, 0) is 6.54 Å². The molecule has 0 aliphatic heterocycles. The highest BCUT2D eigenvalue weighted by Crippen LogP contribution is 2.22. The molecule has 0 unspecified atom stereocenters. The molecule has 0 aliphatic rings. The highest BCUT2D eigenvalue weighted by molar-refractivity contribution is 6.31. The van der Waals surface area contributed by atoms with Crippen LogP contribution in [0.15, 0.2) is 47.3 Å². The number of aromatic amines is 1. The van der Waals surface area contributed by atoms with E-state index in [1.807, 2.05) is 0 Å². The molecule has 3 aromatic rings. The molecule has 1 aromatic heterocycles. The Morgan fingerprint density at radius 1 is 1.20 bits per heavy atom. The average Bonchev–Trinajstić information content (AvgIpc) is 2.56. The number of fused-ring (bicyclic) bond motifs is 1. The number of nitrogens with one attached hydrogen (secondary N) is 2. The Kier molecular flexibility index (Phi) is 5.16. The fraction of sp³-hybridized carbons (Fsp3) is 0.263. The maximum atomic E-state index is 13.1. The first-order valence-corrected chi connectivity index (χ1v) is 8.49. The number of halogens is 2. The topological polar surface area (TPSA) is 57.8 Å². The molecule has 2 N–H and O–H groups in total. The Morgan fingerprint density at radius 2 is 1.92 bits per heavy atom. The summed E-state index contributed by atoms with van der Waals surface area (Å²) in [5.74, 6) is 0.559. The van der Waals surface area contributed by atoms with Gasteiger partial charge in [-0.05, 0) is 41.8 Å². The van der Waals surface area contributed by atoms with Crippen molar-refractivity contribution in [2.75, 3.05) is 0 Å². The van der Waals surface area contributed by atoms with Crippen LogP contribution in [-0.4, -0.2) is 9.97 Å². The zero-order valence-electron chi connectivity index (χ0n) is 14.0. The summed E-state index contributed by atoms with van der Waals surface area (Å²) in [6.07, 6.45) is 0. The fourth-order valence-electron chi connectivity index (χ4n) is 2.86. The maximum absolute atomic E-state index is 13.1. The van der Waals surface area contributed by atoms with Crippen LogP contribution in [0.2, 0.25) is 5.02 Å². The molecule has 0 spiro atoms. The molecule has 0 radical (unpaired) electrons. The Bertz CT molecular complexity index is 938. The average molecular weight is 360 g/mol. The van der Waals surface area contributed by atoms with Crippen LogP contribution in [0.3, 0.4) is 0 Å². The molecule has 0 saturated heterocycles. The van der Waals surface area contributed by atoms with E-state index >= 15 is 0 Å². The van der Waals surface area contributed by atoms with Gasteiger partial charge in [0, 0.05) is 11.1 Å². The van der Waals surface area contributed by atoms with Gasteiger partial charge < -0.3 is 10.3 Å². The Hall–Kier alpha value is -2.24. The molecule has 0 amide bonds. The summed E-state index contributed by atoms with van der Waals surface area (Å²) in [4.78, 5) is 19.5. The molecular weight excluding hydrogens is 341 g/mol. The van der Waals surface area contributed by atoms with E-state index in [4.69, 9.17) is 11.6 Å². The van der Waals surface area contributed by atoms with Crippen molar-refractivity contribution >= 4 is 22.5 Å². The van der Waals surface area contributed by atoms with Crippen molar-refractivity contribution in [1.29, 1.82) is 0 Å². The predicted octanol–water partition coefficient (Wildman–Crippen LogP) is 4.20. The molecule has 3 rings (SSSR count). The summed E-state index contributed by atoms with van der Waals surface area (Å²) in [5, 5.41) is 4.43. The molecule has 4 nitrogen and oxygen atoms in total. The standard InChI is InChI=1S/C19H19ClFN3O/c1-11(2)18(12-3-6-14(21)7-4-12)22-10-17-23-16-9-13(20)5-8-15(16)19(25)24-17/h3-9,11,18,22H,10H2,1-2H3,(H,23,24,25)/t18-/m0/s1. The monoisotopic (exact) mass is 359 g/mol. The quantitative estimate of drug-likeness (QED) is 0.717. The molecule has 1 heterocycles. The highest BCUT2D eigenvalue weighted by atomic mass is 35.5. The van der Waals surface area contributed by atoms with E-state index in [9.17, 15) is 9.18 Å². The van der Waals surface area contributed by atoms with Crippen molar-refractivity contribution in [1.82, 2.24) is 15.3 Å². The van der Waals surface area contributed by atoms with E-state index in [0.29, 0.717) is 28.3 Å². The number of aromatic nitrogens is 2. The van der Waals surface area contributed by atoms with Gasteiger partial charge >= 0.3 is 0 Å². The van der Waals surface area contributed by atoms with Crippen LogP contribution < -0.4 is 10.9 Å². The third-order valence-corrected chi connectivity index (χ3v) is 4.34. The van der Waals surface area contributed by atoms with E-state index in [-0.39, 0.29) is 23.3 Å². The van der Waals surface area contributed by atoms with Crippen LogP contribution in [0.25, 0.3) is 10.9 Å². The lowest BCUT2D eigenvalue weighted by Gasteiger charge is -2.23. The Labute approximate surface area is 150 Å². The number of hydrogen-bond donors (Lipinski definition) is 2. The van der Waals surface area contributed by atoms with Gasteiger partial charge in [-0.1, -0.05) is 37.6 Å². The fourth-order valence-corrected chi connectivity index (χ4v) is 3.03. The summed E-state index contributed by atoms with van der Waals surface area (Å²) in [6.45, 7) is 4.55. The summed E-state index contributed by atoms with van der Waals surface area (Å²) >= 11 is 5.99. The van der Waals surface area contributed by atoms with Crippen LogP contribution >= 0.6 is 11.6 Å². The lowest BCUT2D eigenvalue weighted by atomic mass is 9.96. The van der Waals surface area contributed by atoms with E-state index in [2.05, 4.69) is 29.1 Å². The second-order valence-corrected chi connectivity index (χ2v) is 6.76. The van der Waals surface area contributed by atoms with Crippen LogP contribution in [0.4, 0.5) is 4.39 Å². The van der Waals surface area contributed by atoms with Gasteiger partial charge in [0.1, 0.15) is 11.6 Å². The first-order chi connectivity index (χ1) is 11.9. The number of hydrogen-bond acceptors (Lipinski definition) is 3. The lowest BCUT2D eigenvalue weighted by Crippen LogP contribution is -2.27. The summed E-state index contributed by atoms with van der Waals surface area (Å²) in [6, 6.07) is 11.5. The van der Waals surface area contributed by atoms with Crippen molar-refractivity contribution in [2.24, 2.45) is 5.92 Å². The zero-order valence-corrected chi connectivity index (χ0v) is 14.8. The molecule has 0 fully saturated rings. The first-order valence-electron chi connectivity index (χ1n) is 8.11. The van der Waals surface area contributed by atoms with Gasteiger partial charge in [0.25, 0.3) is 5.56 Å². The van der Waals surface area contributed by atoms with E-state index in [1.54, 1.807) is 30.3 Å². The molecule has 2 aromatic carbocycles. The molecular formula is C19H19ClFN3O. The minimum Gasteiger partial charge on any atom is -0.309 e. The Morgan fingerprint density at radius 3 is 2.60 bits per heavy atom. The summed E-state index contributed by atoms with van der Waals surface area (Å²) < 4.78 is 13.1. The lowest BCUT2D eigenvalue weighted by molar-refractivity contribution is 0.405. The molecule has 0 saturated carbocycles. The van der Waals surface area contributed by atoms with E-state index < -0.39 is 0 Å². The number of benzene rings is 2. The van der Waals surface area contributed by atoms with Gasteiger partial charge in [-0.3, -0.25) is 4.79 Å². The van der Waals surface area contributed by atoms with Gasteiger partial charge in [0.15, 0.2) is 0 Å². The van der Waals surface area contributed by atoms with Crippen molar-refractivity contribution < 1.29 is 4.39 Å². The Balaban J connectivity index is 1.84. The molecule has 130 valence electrons. The van der Waals surface area contributed by atoms with Crippen molar-refractivity contribution in [2.45, 2.75) is 26.4 Å². The second-order valence-electron chi connectivity index (χ2n) is 6.33. The van der Waals surface area contributed by atoms with E-state index in [1.165, 1.54) is 12.1 Å². The maximum Gasteiger partial charge on any atom is 0.258 e. The van der Waals surface area contributed by atoms with Crippen LogP contribution in [0.1, 0.15) is 31.3 Å². The van der Waals surface area contributed by atoms with Crippen molar-refractivity contribution in [3.05, 3.63) is 75.0 Å². The zero-order chi connectivity index (χ0) is 18.0. The van der Waals surface area contributed by atoms with Gasteiger partial charge in [-0.2, -0.15) is 0 Å². The normalized spacial score (nSPS) is 12.7. The smallest absolute Gasteiger partial charge is 0.258 e. The van der Waals surface area contributed by atoms with Gasteiger partial charge in [-0.15, -0.1) is 0 Å². The third-order valence-electron chi connectivity index (χ3n) is 4.10. The summed E-state index contributed by atoms with van der Waals surface area (Å²) in [5.41, 5.74) is 1.36. The predicted molar refractivity (Wildman–Crippen MR) is 98.2 cm³/mol. The largest absolute Gasteiger partial charge is 0.309 e. The first kappa shape index (κ1) is 17.6. The minimum atomic E-state index is -0.260. The third kappa shape index (κ3) is 4.06. The molecule has 25 heavy (non-hydrogen) atoms. The SMILES string of the molecule is CC(C)[C@H](NCc1nc2cc(Cl)ccc2c(=O)[nH]1)c1ccc(F)cc1. The van der Waals surface area contributed by atoms with Gasteiger partial charge in [0.05, 0.1) is 17.4 Å². The van der Waals surface area contributed by atoms with E-state index in [0.717, 1.165) is 5.56 Å². The van der Waals surface area contributed by atoms with Gasteiger partial charge in [0.2, 0.25) is 0 Å². The number of H-pyrrole nitrogens is 1.